The van der Waals surface area contributed by atoms with Crippen molar-refractivity contribution in [1.29, 1.82) is 0 Å². The number of aliphatic hydroxyl groups excluding tert-OH is 1. The fourth-order valence-corrected chi connectivity index (χ4v) is 2.89. The van der Waals surface area contributed by atoms with Gasteiger partial charge in [0.15, 0.2) is 0 Å². The van der Waals surface area contributed by atoms with Crippen molar-refractivity contribution in [1.82, 2.24) is 0 Å². The molecule has 18 heavy (non-hydrogen) atoms. The van der Waals surface area contributed by atoms with Gasteiger partial charge in [0.1, 0.15) is 0 Å². The monoisotopic (exact) mass is 248 g/mol. The Kier molecular flexibility index (Phi) is 4.37. The Balaban J connectivity index is 2.11. The van der Waals surface area contributed by atoms with E-state index >= 15 is 0 Å². The zero-order valence-electron chi connectivity index (χ0n) is 10.7. The van der Waals surface area contributed by atoms with Crippen LogP contribution in [0.15, 0.2) is 30.3 Å². The van der Waals surface area contributed by atoms with Crippen LogP contribution in [0.1, 0.15) is 24.8 Å². The first-order chi connectivity index (χ1) is 8.72. The van der Waals surface area contributed by atoms with Crippen molar-refractivity contribution in [2.24, 2.45) is 11.8 Å². The number of hydrogen-bond donors (Lipinski definition) is 1. The third-order valence-electron chi connectivity index (χ3n) is 3.81. The van der Waals surface area contributed by atoms with Crippen molar-refractivity contribution in [3.05, 3.63) is 35.9 Å². The molecule has 1 unspecified atom stereocenters. The minimum absolute atomic E-state index is 0.184. The molecule has 1 N–H and O–H groups in total. The second kappa shape index (κ2) is 6.01. The van der Waals surface area contributed by atoms with Crippen molar-refractivity contribution in [3.63, 3.8) is 0 Å². The Morgan fingerprint density at radius 1 is 1.33 bits per heavy atom. The first-order valence-corrected chi connectivity index (χ1v) is 6.52. The average molecular weight is 248 g/mol. The summed E-state index contributed by atoms with van der Waals surface area (Å²) in [5.41, 5.74) is 1.21. The normalized spacial score (nSPS) is 27.8. The van der Waals surface area contributed by atoms with Gasteiger partial charge in [-0.2, -0.15) is 0 Å². The number of methoxy groups -OCH3 is 1. The molecule has 98 valence electrons. The lowest BCUT2D eigenvalue weighted by molar-refractivity contribution is -0.154. The molecule has 0 aromatic heterocycles. The maximum atomic E-state index is 11.8. The van der Waals surface area contributed by atoms with E-state index < -0.39 is 6.10 Å². The molecule has 1 aliphatic carbocycles. The Labute approximate surface area is 108 Å². The number of esters is 1. The van der Waals surface area contributed by atoms with Crippen molar-refractivity contribution in [3.8, 4) is 0 Å². The second-order valence-electron chi connectivity index (χ2n) is 5.00. The molecule has 3 atom stereocenters. The molecule has 1 saturated carbocycles. The third-order valence-corrected chi connectivity index (χ3v) is 3.81. The third kappa shape index (κ3) is 2.91. The molecule has 1 aliphatic rings. The summed E-state index contributed by atoms with van der Waals surface area (Å²) in [6.45, 7) is 0. The highest BCUT2D eigenvalue weighted by Crippen LogP contribution is 2.33. The summed E-state index contributed by atoms with van der Waals surface area (Å²) in [6, 6.07) is 10.1. The number of aliphatic hydroxyl groups is 1. The van der Waals surface area contributed by atoms with E-state index in [9.17, 15) is 9.90 Å². The summed E-state index contributed by atoms with van der Waals surface area (Å²) in [6.07, 6.45) is 2.93. The molecule has 0 spiro atoms. The molecular weight excluding hydrogens is 228 g/mol. The molecular formula is C15H20O3. The summed E-state index contributed by atoms with van der Waals surface area (Å²) in [5, 5.41) is 10.0. The van der Waals surface area contributed by atoms with Crippen LogP contribution in [0.5, 0.6) is 0 Å². The zero-order chi connectivity index (χ0) is 13.0. The van der Waals surface area contributed by atoms with Crippen LogP contribution < -0.4 is 0 Å². The first-order valence-electron chi connectivity index (χ1n) is 6.52. The van der Waals surface area contributed by atoms with E-state index in [1.165, 1.54) is 12.7 Å². The Hall–Kier alpha value is -1.35. The highest BCUT2D eigenvalue weighted by atomic mass is 16.5. The van der Waals surface area contributed by atoms with E-state index in [2.05, 4.69) is 12.1 Å². The second-order valence-corrected chi connectivity index (χ2v) is 5.00. The highest BCUT2D eigenvalue weighted by molar-refractivity contribution is 5.73. The van der Waals surface area contributed by atoms with Gasteiger partial charge in [-0.05, 0) is 30.7 Å². The quantitative estimate of drug-likeness (QED) is 0.834. The summed E-state index contributed by atoms with van der Waals surface area (Å²) in [7, 11) is 1.39. The number of ether oxygens (including phenoxy) is 1. The molecule has 1 aromatic carbocycles. The van der Waals surface area contributed by atoms with Gasteiger partial charge in [0.05, 0.1) is 19.1 Å². The predicted molar refractivity (Wildman–Crippen MR) is 69.0 cm³/mol. The van der Waals surface area contributed by atoms with Crippen molar-refractivity contribution < 1.29 is 14.6 Å². The fourth-order valence-electron chi connectivity index (χ4n) is 2.89. The van der Waals surface area contributed by atoms with E-state index in [0.29, 0.717) is 6.42 Å². The number of carbonyl (C=O) groups excluding carboxylic acids is 1. The maximum absolute atomic E-state index is 11.8. The molecule has 3 nitrogen and oxygen atoms in total. The molecule has 1 aromatic rings. The van der Waals surface area contributed by atoms with Crippen LogP contribution in [-0.4, -0.2) is 24.3 Å². The first kappa shape index (κ1) is 13.1. The average Bonchev–Trinajstić information content (AvgIpc) is 2.39. The molecule has 3 heteroatoms. The molecule has 0 amide bonds. The minimum Gasteiger partial charge on any atom is -0.469 e. The van der Waals surface area contributed by atoms with Gasteiger partial charge in [-0.1, -0.05) is 36.8 Å². The lowest BCUT2D eigenvalue weighted by atomic mass is 9.74. The molecule has 0 aliphatic heterocycles. The largest absolute Gasteiger partial charge is 0.469 e. The number of rotatable bonds is 3. The summed E-state index contributed by atoms with van der Waals surface area (Å²) in [5.74, 6) is -0.462. The van der Waals surface area contributed by atoms with E-state index in [0.717, 1.165) is 19.3 Å². The van der Waals surface area contributed by atoms with Crippen LogP contribution >= 0.6 is 0 Å². The van der Waals surface area contributed by atoms with Crippen LogP contribution in [0.2, 0.25) is 0 Å². The van der Waals surface area contributed by atoms with Crippen molar-refractivity contribution in [2.75, 3.05) is 7.11 Å². The predicted octanol–water partition coefficient (Wildman–Crippen LogP) is 2.18. The minimum atomic E-state index is -0.556. The van der Waals surface area contributed by atoms with Crippen LogP contribution in [0.3, 0.4) is 0 Å². The molecule has 0 radical (unpaired) electrons. The van der Waals surface area contributed by atoms with Crippen molar-refractivity contribution >= 4 is 5.97 Å². The van der Waals surface area contributed by atoms with E-state index in [1.54, 1.807) is 0 Å². The Morgan fingerprint density at radius 2 is 2.06 bits per heavy atom. The van der Waals surface area contributed by atoms with Gasteiger partial charge in [-0.15, -0.1) is 0 Å². The van der Waals surface area contributed by atoms with Gasteiger partial charge < -0.3 is 9.84 Å². The number of carbonyl (C=O) groups is 1. The summed E-state index contributed by atoms with van der Waals surface area (Å²) >= 11 is 0. The zero-order valence-corrected chi connectivity index (χ0v) is 10.7. The van der Waals surface area contributed by atoms with E-state index in [-0.39, 0.29) is 17.8 Å². The summed E-state index contributed by atoms with van der Waals surface area (Å²) < 4.78 is 4.83. The van der Waals surface area contributed by atoms with Gasteiger partial charge in [-0.25, -0.2) is 0 Å². The van der Waals surface area contributed by atoms with Crippen LogP contribution in [0, 0.1) is 11.8 Å². The topological polar surface area (TPSA) is 46.5 Å². The maximum Gasteiger partial charge on any atom is 0.311 e. The SMILES string of the molecule is COC(=O)[C@@H]1C(Cc2ccccc2)CCC[C@@H]1O. The van der Waals surface area contributed by atoms with Gasteiger partial charge in [0.25, 0.3) is 0 Å². The Bertz CT molecular complexity index is 388. The lowest BCUT2D eigenvalue weighted by Gasteiger charge is -2.33. The van der Waals surface area contributed by atoms with E-state index in [1.807, 2.05) is 18.2 Å². The van der Waals surface area contributed by atoms with Gasteiger partial charge in [0.2, 0.25) is 0 Å². The standard InChI is InChI=1S/C15H20O3/c1-18-15(17)14-12(8-5-9-13(14)16)10-11-6-3-2-4-7-11/h2-4,6-7,12-14,16H,5,8-10H2,1H3/t12?,13-,14+/m0/s1. The van der Waals surface area contributed by atoms with Crippen LogP contribution in [0.4, 0.5) is 0 Å². The summed E-state index contributed by atoms with van der Waals surface area (Å²) in [4.78, 5) is 11.8. The highest BCUT2D eigenvalue weighted by Gasteiger charge is 2.38. The smallest absolute Gasteiger partial charge is 0.311 e. The molecule has 1 fully saturated rings. The molecule has 0 bridgehead atoms. The lowest BCUT2D eigenvalue weighted by Crippen LogP contribution is -2.39. The van der Waals surface area contributed by atoms with E-state index in [4.69, 9.17) is 4.74 Å². The Morgan fingerprint density at radius 3 is 2.72 bits per heavy atom. The molecule has 0 heterocycles. The fraction of sp³-hybridized carbons (Fsp3) is 0.533. The molecule has 2 rings (SSSR count). The van der Waals surface area contributed by atoms with Gasteiger partial charge in [-0.3, -0.25) is 4.79 Å². The van der Waals surface area contributed by atoms with Gasteiger partial charge >= 0.3 is 5.97 Å². The molecule has 0 saturated heterocycles. The number of hydrogen-bond acceptors (Lipinski definition) is 3. The van der Waals surface area contributed by atoms with Gasteiger partial charge in [0, 0.05) is 0 Å². The van der Waals surface area contributed by atoms with Crippen LogP contribution in [-0.2, 0) is 16.0 Å². The van der Waals surface area contributed by atoms with Crippen LogP contribution in [0.25, 0.3) is 0 Å². The number of benzene rings is 1. The van der Waals surface area contributed by atoms with Crippen molar-refractivity contribution in [2.45, 2.75) is 31.8 Å².